The van der Waals surface area contributed by atoms with E-state index in [1.165, 1.54) is 18.4 Å². The summed E-state index contributed by atoms with van der Waals surface area (Å²) in [5.41, 5.74) is 1.24. The first kappa shape index (κ1) is 23.6. The first-order chi connectivity index (χ1) is 15.6. The van der Waals surface area contributed by atoms with Crippen LogP contribution in [0.4, 0.5) is 0 Å². The van der Waals surface area contributed by atoms with Gasteiger partial charge in [-0.2, -0.15) is 10.4 Å². The monoisotopic (exact) mass is 489 g/mol. The first-order valence-electron chi connectivity index (χ1n) is 10.7. The minimum absolute atomic E-state index is 0.0378. The number of rotatable bonds is 6. The van der Waals surface area contributed by atoms with Crippen LogP contribution in [0.5, 0.6) is 5.75 Å². The van der Waals surface area contributed by atoms with Crippen molar-refractivity contribution in [1.82, 2.24) is 19.3 Å². The molecule has 0 radical (unpaired) electrons. The van der Waals surface area contributed by atoms with Gasteiger partial charge in [0.05, 0.1) is 30.7 Å². The van der Waals surface area contributed by atoms with Gasteiger partial charge in [-0.25, -0.2) is 22.6 Å². The van der Waals surface area contributed by atoms with Crippen molar-refractivity contribution in [1.29, 1.82) is 5.26 Å². The second-order valence-electron chi connectivity index (χ2n) is 8.88. The predicted molar refractivity (Wildman–Crippen MR) is 125 cm³/mol. The second-order valence-corrected chi connectivity index (χ2v) is 11.5. The molecule has 0 saturated heterocycles. The van der Waals surface area contributed by atoms with Gasteiger partial charge in [0.1, 0.15) is 21.1 Å². The fraction of sp³-hybridized carbons (Fsp3) is 0.500. The van der Waals surface area contributed by atoms with Crippen LogP contribution in [0.1, 0.15) is 50.2 Å². The summed E-state index contributed by atoms with van der Waals surface area (Å²) in [6.07, 6.45) is 1.94. The van der Waals surface area contributed by atoms with Gasteiger partial charge < -0.3 is 9.84 Å². The number of hydrogen-bond acceptors (Lipinski definition) is 8. The second kappa shape index (κ2) is 8.68. The lowest BCUT2D eigenvalue weighted by molar-refractivity contribution is 0.120. The van der Waals surface area contributed by atoms with Crippen molar-refractivity contribution in [2.75, 3.05) is 7.11 Å². The predicted octanol–water partition coefficient (Wildman–Crippen LogP) is 3.16. The van der Waals surface area contributed by atoms with E-state index in [2.05, 4.69) is 20.9 Å². The van der Waals surface area contributed by atoms with E-state index in [-0.39, 0.29) is 22.8 Å². The molecule has 9 nitrogen and oxygen atoms in total. The van der Waals surface area contributed by atoms with E-state index >= 15 is 0 Å². The van der Waals surface area contributed by atoms with E-state index in [0.717, 1.165) is 0 Å². The summed E-state index contributed by atoms with van der Waals surface area (Å²) < 4.78 is 36.4. The van der Waals surface area contributed by atoms with E-state index in [4.69, 9.17) is 4.74 Å². The maximum absolute atomic E-state index is 13.3. The third kappa shape index (κ3) is 4.48. The first-order valence-corrected chi connectivity index (χ1v) is 13.0. The molecule has 0 unspecified atom stereocenters. The Labute approximate surface area is 197 Å². The number of imidazole rings is 1. The van der Waals surface area contributed by atoms with Crippen molar-refractivity contribution < 1.29 is 18.3 Å². The molecule has 1 aliphatic rings. The SMILES string of the molecule is COc1ccc(-c2c(C)nc3sc(C(C)(C)C#N)nn23)cc1S(=O)(=O)N[C@H]1CC[C@@H](O)CC1. The maximum atomic E-state index is 13.3. The van der Waals surface area contributed by atoms with Gasteiger partial charge in [-0.1, -0.05) is 11.3 Å². The molecule has 1 aromatic carbocycles. The molecule has 1 aliphatic carbocycles. The molecule has 2 aromatic heterocycles. The van der Waals surface area contributed by atoms with Gasteiger partial charge in [0.25, 0.3) is 0 Å². The van der Waals surface area contributed by atoms with Crippen LogP contribution in [0, 0.1) is 18.3 Å². The van der Waals surface area contributed by atoms with Gasteiger partial charge in [-0.05, 0) is 64.7 Å². The maximum Gasteiger partial charge on any atom is 0.244 e. The quantitative estimate of drug-likeness (QED) is 0.544. The molecule has 0 atom stereocenters. The van der Waals surface area contributed by atoms with E-state index in [1.54, 1.807) is 36.6 Å². The van der Waals surface area contributed by atoms with Gasteiger partial charge in [-0.3, -0.25) is 0 Å². The van der Waals surface area contributed by atoms with Crippen LogP contribution in [0.25, 0.3) is 16.2 Å². The molecular formula is C22H27N5O4S2. The van der Waals surface area contributed by atoms with Gasteiger partial charge in [-0.15, -0.1) is 0 Å². The molecule has 2 heterocycles. The minimum atomic E-state index is -3.87. The Morgan fingerprint density at radius 2 is 2.00 bits per heavy atom. The molecular weight excluding hydrogens is 462 g/mol. The zero-order valence-corrected chi connectivity index (χ0v) is 20.6. The van der Waals surface area contributed by atoms with Crippen molar-refractivity contribution in [2.45, 2.75) is 68.9 Å². The summed E-state index contributed by atoms with van der Waals surface area (Å²) >= 11 is 1.34. The Morgan fingerprint density at radius 1 is 1.30 bits per heavy atom. The molecule has 33 heavy (non-hydrogen) atoms. The Hall–Kier alpha value is -2.52. The highest BCUT2D eigenvalue weighted by molar-refractivity contribution is 7.89. The van der Waals surface area contributed by atoms with Crippen LogP contribution in [-0.2, 0) is 15.4 Å². The lowest BCUT2D eigenvalue weighted by Gasteiger charge is -2.26. The number of aliphatic hydroxyl groups excluding tert-OH is 1. The average molecular weight is 490 g/mol. The molecule has 0 aliphatic heterocycles. The highest BCUT2D eigenvalue weighted by Crippen LogP contribution is 2.35. The standard InChI is InChI=1S/C22H27N5O4S2/c1-13-19(27-21(24-13)32-20(25-27)22(2,3)12-23)14-5-10-17(31-4)18(11-14)33(29,30)26-15-6-8-16(28)9-7-15/h5,10-11,15-16,26,28H,6-9H2,1-4H3/t15-,16+. The summed E-state index contributed by atoms with van der Waals surface area (Å²) in [5, 5.41) is 24.4. The van der Waals surface area contributed by atoms with Crippen molar-refractivity contribution >= 4 is 26.3 Å². The Kier molecular flexibility index (Phi) is 6.22. The topological polar surface area (TPSA) is 130 Å². The van der Waals surface area contributed by atoms with Crippen LogP contribution < -0.4 is 9.46 Å². The zero-order valence-electron chi connectivity index (χ0n) is 19.0. The number of aryl methyl sites for hydroxylation is 1. The smallest absolute Gasteiger partial charge is 0.244 e. The third-order valence-corrected chi connectivity index (χ3v) is 8.71. The highest BCUT2D eigenvalue weighted by Gasteiger charge is 2.29. The fourth-order valence-corrected chi connectivity index (χ4v) is 6.49. The third-order valence-electron chi connectivity index (χ3n) is 5.94. The number of fused-ring (bicyclic) bond motifs is 1. The van der Waals surface area contributed by atoms with E-state index in [1.807, 2.05) is 6.92 Å². The van der Waals surface area contributed by atoms with Crippen molar-refractivity contribution in [3.63, 3.8) is 0 Å². The van der Waals surface area contributed by atoms with Crippen molar-refractivity contribution in [2.24, 2.45) is 0 Å². The number of nitriles is 1. The normalized spacial score (nSPS) is 19.5. The molecule has 11 heteroatoms. The number of methoxy groups -OCH3 is 1. The van der Waals surface area contributed by atoms with Crippen molar-refractivity contribution in [3.8, 4) is 23.1 Å². The van der Waals surface area contributed by atoms with Crippen LogP contribution in [0.3, 0.4) is 0 Å². The number of nitrogens with zero attached hydrogens (tertiary/aromatic N) is 4. The number of sulfonamides is 1. The molecule has 176 valence electrons. The van der Waals surface area contributed by atoms with Crippen LogP contribution in [-0.4, -0.2) is 47.4 Å². The zero-order chi connectivity index (χ0) is 24.0. The molecule has 4 rings (SSSR count). The van der Waals surface area contributed by atoms with Crippen LogP contribution in [0.2, 0.25) is 0 Å². The molecule has 2 N–H and O–H groups in total. The van der Waals surface area contributed by atoms with Crippen LogP contribution in [0.15, 0.2) is 23.1 Å². The average Bonchev–Trinajstić information content (AvgIpc) is 3.32. The van der Waals surface area contributed by atoms with Gasteiger partial charge in [0.15, 0.2) is 0 Å². The number of benzene rings is 1. The Bertz CT molecular complexity index is 1330. The lowest BCUT2D eigenvalue weighted by Crippen LogP contribution is -2.38. The summed E-state index contributed by atoms with van der Waals surface area (Å²) in [6, 6.07) is 7.00. The van der Waals surface area contributed by atoms with E-state index in [9.17, 15) is 18.8 Å². The van der Waals surface area contributed by atoms with E-state index < -0.39 is 15.4 Å². The summed E-state index contributed by atoms with van der Waals surface area (Å²) in [5.74, 6) is 0.241. The lowest BCUT2D eigenvalue weighted by atomic mass is 9.94. The highest BCUT2D eigenvalue weighted by atomic mass is 32.2. The number of ether oxygens (including phenoxy) is 1. The molecule has 1 fully saturated rings. The van der Waals surface area contributed by atoms with E-state index in [0.29, 0.717) is 52.6 Å². The number of nitrogens with one attached hydrogen (secondary N) is 1. The molecule has 1 saturated carbocycles. The number of aliphatic hydroxyl groups is 1. The summed E-state index contributed by atoms with van der Waals surface area (Å²) in [6.45, 7) is 5.44. The Balaban J connectivity index is 1.76. The van der Waals surface area contributed by atoms with Gasteiger partial charge in [0.2, 0.25) is 15.0 Å². The molecule has 0 bridgehead atoms. The van der Waals surface area contributed by atoms with Gasteiger partial charge >= 0.3 is 0 Å². The minimum Gasteiger partial charge on any atom is -0.495 e. The molecule has 0 amide bonds. The number of hydrogen-bond donors (Lipinski definition) is 2. The fourth-order valence-electron chi connectivity index (χ4n) is 3.99. The molecule has 3 aromatic rings. The summed E-state index contributed by atoms with van der Waals surface area (Å²) in [4.78, 5) is 5.26. The Morgan fingerprint density at radius 3 is 2.64 bits per heavy atom. The van der Waals surface area contributed by atoms with Crippen LogP contribution >= 0.6 is 11.3 Å². The number of aromatic nitrogens is 3. The largest absolute Gasteiger partial charge is 0.495 e. The van der Waals surface area contributed by atoms with Crippen molar-refractivity contribution in [3.05, 3.63) is 28.9 Å². The molecule has 0 spiro atoms. The van der Waals surface area contributed by atoms with Gasteiger partial charge in [0, 0.05) is 11.6 Å². The summed E-state index contributed by atoms with van der Waals surface area (Å²) in [7, 11) is -2.43.